The summed E-state index contributed by atoms with van der Waals surface area (Å²) < 4.78 is 38.5. The van der Waals surface area contributed by atoms with Gasteiger partial charge < -0.3 is 0 Å². The number of amides is 1. The molecule has 0 fully saturated rings. The summed E-state index contributed by atoms with van der Waals surface area (Å²) in [5, 5.41) is 0.383. The average molecular weight is 314 g/mol. The third-order valence-corrected chi connectivity index (χ3v) is 4.06. The molecule has 0 aromatic heterocycles. The number of benzene rings is 2. The Labute approximate surface area is 120 Å². The number of halogens is 2. The highest BCUT2D eigenvalue weighted by Crippen LogP contribution is 2.14. The van der Waals surface area contributed by atoms with Gasteiger partial charge in [-0.3, -0.25) is 4.79 Å². The summed E-state index contributed by atoms with van der Waals surface area (Å²) >= 11 is 5.66. The summed E-state index contributed by atoms with van der Waals surface area (Å²) in [5.74, 6) is -1.35. The first kappa shape index (κ1) is 14.5. The highest BCUT2D eigenvalue weighted by molar-refractivity contribution is 7.90. The summed E-state index contributed by atoms with van der Waals surface area (Å²) in [6.45, 7) is 0. The third kappa shape index (κ3) is 3.34. The van der Waals surface area contributed by atoms with Gasteiger partial charge in [0.05, 0.1) is 4.90 Å². The summed E-state index contributed by atoms with van der Waals surface area (Å²) in [5.41, 5.74) is 0.0453. The van der Waals surface area contributed by atoms with Crippen LogP contribution in [0.1, 0.15) is 10.4 Å². The average Bonchev–Trinajstić information content (AvgIpc) is 2.39. The van der Waals surface area contributed by atoms with Crippen LogP contribution in [0.2, 0.25) is 5.02 Å². The predicted octanol–water partition coefficient (Wildman–Crippen LogP) is 2.60. The van der Waals surface area contributed by atoms with Crippen LogP contribution in [0.15, 0.2) is 53.4 Å². The molecule has 20 heavy (non-hydrogen) atoms. The third-order valence-electron chi connectivity index (χ3n) is 2.46. The second-order valence-electron chi connectivity index (χ2n) is 3.90. The molecule has 0 unspecified atom stereocenters. The summed E-state index contributed by atoms with van der Waals surface area (Å²) in [6.07, 6.45) is 0. The Morgan fingerprint density at radius 1 is 1.00 bits per heavy atom. The number of nitrogens with one attached hydrogen (secondary N) is 1. The van der Waals surface area contributed by atoms with Gasteiger partial charge in [-0.2, -0.15) is 0 Å². The van der Waals surface area contributed by atoms with E-state index in [1.807, 2.05) is 4.72 Å². The molecule has 7 heteroatoms. The second-order valence-corrected chi connectivity index (χ2v) is 6.01. The number of carbonyl (C=O) groups is 1. The maximum absolute atomic E-state index is 12.7. The largest absolute Gasteiger partial charge is 0.268 e. The van der Waals surface area contributed by atoms with Crippen LogP contribution in [-0.2, 0) is 10.0 Å². The van der Waals surface area contributed by atoms with Crippen LogP contribution < -0.4 is 4.72 Å². The molecule has 0 atom stereocenters. The molecule has 0 heterocycles. The molecule has 1 amide bonds. The van der Waals surface area contributed by atoms with Crippen molar-refractivity contribution in [1.82, 2.24) is 4.72 Å². The molecular formula is C13H9ClFNO3S. The van der Waals surface area contributed by atoms with Crippen molar-refractivity contribution in [3.05, 3.63) is 64.9 Å². The fourth-order valence-electron chi connectivity index (χ4n) is 1.45. The van der Waals surface area contributed by atoms with Crippen molar-refractivity contribution in [2.24, 2.45) is 0 Å². The van der Waals surface area contributed by atoms with E-state index >= 15 is 0 Å². The number of carbonyl (C=O) groups excluding carboxylic acids is 1. The first-order chi connectivity index (χ1) is 9.38. The van der Waals surface area contributed by atoms with Gasteiger partial charge in [0, 0.05) is 10.6 Å². The lowest BCUT2D eigenvalue weighted by Gasteiger charge is -2.07. The summed E-state index contributed by atoms with van der Waals surface area (Å²) in [4.78, 5) is 11.7. The first-order valence-electron chi connectivity index (χ1n) is 5.47. The number of hydrogen-bond acceptors (Lipinski definition) is 3. The predicted molar refractivity (Wildman–Crippen MR) is 72.5 cm³/mol. The number of sulfonamides is 1. The van der Waals surface area contributed by atoms with E-state index in [4.69, 9.17) is 11.6 Å². The van der Waals surface area contributed by atoms with Crippen LogP contribution >= 0.6 is 11.6 Å². The quantitative estimate of drug-likeness (QED) is 0.947. The van der Waals surface area contributed by atoms with Gasteiger partial charge in [-0.15, -0.1) is 0 Å². The Morgan fingerprint density at radius 2 is 1.55 bits per heavy atom. The van der Waals surface area contributed by atoms with Gasteiger partial charge in [0.25, 0.3) is 15.9 Å². The molecule has 0 aliphatic rings. The molecule has 0 saturated carbocycles. The zero-order chi connectivity index (χ0) is 14.8. The monoisotopic (exact) mass is 313 g/mol. The van der Waals surface area contributed by atoms with Crippen molar-refractivity contribution < 1.29 is 17.6 Å². The lowest BCUT2D eigenvalue weighted by atomic mass is 10.2. The van der Waals surface area contributed by atoms with Crippen LogP contribution in [0.25, 0.3) is 0 Å². The molecule has 2 rings (SSSR count). The molecule has 2 aromatic rings. The van der Waals surface area contributed by atoms with E-state index < -0.39 is 21.7 Å². The maximum Gasteiger partial charge on any atom is 0.265 e. The topological polar surface area (TPSA) is 63.2 Å². The summed E-state index contributed by atoms with van der Waals surface area (Å²) in [7, 11) is -3.99. The first-order valence-corrected chi connectivity index (χ1v) is 7.33. The molecular weight excluding hydrogens is 305 g/mol. The van der Waals surface area contributed by atoms with E-state index in [-0.39, 0.29) is 10.5 Å². The molecule has 0 aliphatic carbocycles. The van der Waals surface area contributed by atoms with Gasteiger partial charge in [0.2, 0.25) is 0 Å². The Kier molecular flexibility index (Phi) is 4.06. The van der Waals surface area contributed by atoms with E-state index in [1.165, 1.54) is 36.4 Å². The number of hydrogen-bond donors (Lipinski definition) is 1. The highest BCUT2D eigenvalue weighted by Gasteiger charge is 2.18. The van der Waals surface area contributed by atoms with E-state index in [0.717, 1.165) is 12.1 Å². The molecule has 0 saturated heterocycles. The second kappa shape index (κ2) is 5.60. The SMILES string of the molecule is O=C(NS(=O)(=O)c1ccc(Cl)cc1)c1ccc(F)cc1. The lowest BCUT2D eigenvalue weighted by Crippen LogP contribution is -2.30. The Hall–Kier alpha value is -1.92. The minimum atomic E-state index is -3.99. The molecule has 1 N–H and O–H groups in total. The van der Waals surface area contributed by atoms with E-state index in [0.29, 0.717) is 5.02 Å². The molecule has 0 spiro atoms. The van der Waals surface area contributed by atoms with E-state index in [1.54, 1.807) is 0 Å². The molecule has 0 bridgehead atoms. The van der Waals surface area contributed by atoms with Crippen LogP contribution in [-0.4, -0.2) is 14.3 Å². The van der Waals surface area contributed by atoms with Gasteiger partial charge in [-0.25, -0.2) is 17.5 Å². The molecule has 4 nitrogen and oxygen atoms in total. The Balaban J connectivity index is 2.22. The Bertz CT molecular complexity index is 727. The van der Waals surface area contributed by atoms with Crippen molar-refractivity contribution in [2.75, 3.05) is 0 Å². The van der Waals surface area contributed by atoms with Crippen molar-refractivity contribution >= 4 is 27.5 Å². The fraction of sp³-hybridized carbons (Fsp3) is 0. The molecule has 0 radical (unpaired) electrons. The van der Waals surface area contributed by atoms with Crippen molar-refractivity contribution in [3.8, 4) is 0 Å². The van der Waals surface area contributed by atoms with Crippen molar-refractivity contribution in [1.29, 1.82) is 0 Å². The van der Waals surface area contributed by atoms with Crippen LogP contribution in [0.4, 0.5) is 4.39 Å². The van der Waals surface area contributed by atoms with Crippen LogP contribution in [0, 0.1) is 5.82 Å². The van der Waals surface area contributed by atoms with Gasteiger partial charge >= 0.3 is 0 Å². The zero-order valence-electron chi connectivity index (χ0n) is 10.0. The van der Waals surface area contributed by atoms with E-state index in [9.17, 15) is 17.6 Å². The van der Waals surface area contributed by atoms with Gasteiger partial charge in [-0.05, 0) is 48.5 Å². The zero-order valence-corrected chi connectivity index (χ0v) is 11.6. The lowest BCUT2D eigenvalue weighted by molar-refractivity contribution is 0.0981. The standard InChI is InChI=1S/C13H9ClFNO3S/c14-10-3-7-12(8-4-10)20(18,19)16-13(17)9-1-5-11(15)6-2-9/h1-8H,(H,16,17). The fourth-order valence-corrected chi connectivity index (χ4v) is 2.56. The van der Waals surface area contributed by atoms with Gasteiger partial charge in [0.15, 0.2) is 0 Å². The van der Waals surface area contributed by atoms with Gasteiger partial charge in [-0.1, -0.05) is 11.6 Å². The normalized spacial score (nSPS) is 11.1. The summed E-state index contributed by atoms with van der Waals surface area (Å²) in [6, 6.07) is 9.90. The molecule has 104 valence electrons. The van der Waals surface area contributed by atoms with Gasteiger partial charge in [0.1, 0.15) is 5.82 Å². The minimum Gasteiger partial charge on any atom is -0.268 e. The highest BCUT2D eigenvalue weighted by atomic mass is 35.5. The Morgan fingerprint density at radius 3 is 2.10 bits per heavy atom. The number of rotatable bonds is 3. The van der Waals surface area contributed by atoms with E-state index in [2.05, 4.69) is 0 Å². The smallest absolute Gasteiger partial charge is 0.265 e. The van der Waals surface area contributed by atoms with Crippen LogP contribution in [0.5, 0.6) is 0 Å². The molecule has 2 aromatic carbocycles. The van der Waals surface area contributed by atoms with Crippen molar-refractivity contribution in [2.45, 2.75) is 4.90 Å². The van der Waals surface area contributed by atoms with Crippen LogP contribution in [0.3, 0.4) is 0 Å². The molecule has 0 aliphatic heterocycles. The minimum absolute atomic E-state index is 0.0453. The van der Waals surface area contributed by atoms with Crippen molar-refractivity contribution in [3.63, 3.8) is 0 Å². The maximum atomic E-state index is 12.7.